The summed E-state index contributed by atoms with van der Waals surface area (Å²) in [6.45, 7) is 9.26. The van der Waals surface area contributed by atoms with E-state index in [0.29, 0.717) is 6.04 Å². The second-order valence-corrected chi connectivity index (χ2v) is 4.70. The molecule has 1 nitrogen and oxygen atoms in total. The van der Waals surface area contributed by atoms with Crippen molar-refractivity contribution in [2.45, 2.75) is 59.0 Å². The largest absolute Gasteiger partial charge is 0.312 e. The Bertz CT molecular complexity index is 131. The molecule has 0 aliphatic heterocycles. The van der Waals surface area contributed by atoms with Crippen molar-refractivity contribution >= 4 is 0 Å². The predicted molar refractivity (Wildman–Crippen MR) is 54.2 cm³/mol. The highest BCUT2D eigenvalue weighted by Gasteiger charge is 2.26. The minimum Gasteiger partial charge on any atom is -0.312 e. The third kappa shape index (κ3) is 2.48. The molecule has 0 saturated heterocycles. The monoisotopic (exact) mass is 169 g/mol. The number of nitrogens with one attached hydrogen (secondary N) is 1. The van der Waals surface area contributed by atoms with E-state index in [1.54, 1.807) is 0 Å². The van der Waals surface area contributed by atoms with Crippen LogP contribution in [0.2, 0.25) is 0 Å². The van der Waals surface area contributed by atoms with Crippen molar-refractivity contribution in [3.8, 4) is 0 Å². The van der Waals surface area contributed by atoms with E-state index in [9.17, 15) is 0 Å². The Morgan fingerprint density at radius 2 is 1.83 bits per heavy atom. The van der Waals surface area contributed by atoms with E-state index in [0.717, 1.165) is 17.9 Å². The topological polar surface area (TPSA) is 12.0 Å². The molecule has 12 heavy (non-hydrogen) atoms. The lowest BCUT2D eigenvalue weighted by Crippen LogP contribution is -2.43. The third-order valence-corrected chi connectivity index (χ3v) is 3.25. The lowest BCUT2D eigenvalue weighted by atomic mass is 9.78. The quantitative estimate of drug-likeness (QED) is 0.670. The van der Waals surface area contributed by atoms with Crippen LogP contribution in [0, 0.1) is 11.8 Å². The van der Waals surface area contributed by atoms with E-state index >= 15 is 0 Å². The van der Waals surface area contributed by atoms with E-state index < -0.39 is 0 Å². The molecule has 0 bridgehead atoms. The summed E-state index contributed by atoms with van der Waals surface area (Å²) in [4.78, 5) is 0. The van der Waals surface area contributed by atoms with Gasteiger partial charge in [0.05, 0.1) is 0 Å². The Kier molecular flexibility index (Phi) is 3.57. The summed E-state index contributed by atoms with van der Waals surface area (Å²) < 4.78 is 0. The maximum absolute atomic E-state index is 3.66. The molecule has 0 radical (unpaired) electrons. The Labute approximate surface area is 76.9 Å². The van der Waals surface area contributed by atoms with Crippen molar-refractivity contribution in [1.29, 1.82) is 0 Å². The highest BCUT2D eigenvalue weighted by Crippen LogP contribution is 2.29. The molecule has 1 fully saturated rings. The molecule has 0 aromatic carbocycles. The first-order valence-electron chi connectivity index (χ1n) is 5.37. The molecular weight excluding hydrogens is 146 g/mol. The molecule has 0 aromatic rings. The number of rotatable bonds is 2. The van der Waals surface area contributed by atoms with Crippen LogP contribution >= 0.6 is 0 Å². The van der Waals surface area contributed by atoms with Gasteiger partial charge in [-0.25, -0.2) is 0 Å². The van der Waals surface area contributed by atoms with Crippen molar-refractivity contribution in [2.24, 2.45) is 11.8 Å². The molecule has 1 aliphatic carbocycles. The van der Waals surface area contributed by atoms with Crippen molar-refractivity contribution < 1.29 is 0 Å². The van der Waals surface area contributed by atoms with Crippen LogP contribution in [0.25, 0.3) is 0 Å². The Morgan fingerprint density at radius 3 is 2.42 bits per heavy atom. The molecule has 1 heteroatoms. The summed E-state index contributed by atoms with van der Waals surface area (Å²) in [7, 11) is 0. The molecule has 0 spiro atoms. The maximum Gasteiger partial charge on any atom is 0.00975 e. The van der Waals surface area contributed by atoms with Crippen molar-refractivity contribution in [3.63, 3.8) is 0 Å². The van der Waals surface area contributed by atoms with Crippen LogP contribution < -0.4 is 5.32 Å². The average molecular weight is 169 g/mol. The fourth-order valence-electron chi connectivity index (χ4n) is 2.25. The summed E-state index contributed by atoms with van der Waals surface area (Å²) >= 11 is 0. The maximum atomic E-state index is 3.66. The SMILES string of the molecule is CC(C)N[C@H]1CCC[C@H](C)[C@H]1C. The van der Waals surface area contributed by atoms with Crippen LogP contribution in [0.5, 0.6) is 0 Å². The first kappa shape index (κ1) is 10.0. The third-order valence-electron chi connectivity index (χ3n) is 3.25. The van der Waals surface area contributed by atoms with Crippen molar-refractivity contribution in [2.75, 3.05) is 0 Å². The zero-order chi connectivity index (χ0) is 9.14. The molecule has 1 aliphatic rings. The lowest BCUT2D eigenvalue weighted by molar-refractivity contribution is 0.198. The summed E-state index contributed by atoms with van der Waals surface area (Å²) in [6, 6.07) is 1.41. The van der Waals surface area contributed by atoms with Crippen molar-refractivity contribution in [1.82, 2.24) is 5.32 Å². The minimum absolute atomic E-state index is 0.641. The molecule has 1 N–H and O–H groups in total. The Balaban J connectivity index is 2.41. The van der Waals surface area contributed by atoms with Gasteiger partial charge in [-0.3, -0.25) is 0 Å². The second kappa shape index (κ2) is 4.27. The van der Waals surface area contributed by atoms with Gasteiger partial charge < -0.3 is 5.32 Å². The normalized spacial score (nSPS) is 37.2. The molecule has 1 rings (SSSR count). The molecule has 0 amide bonds. The smallest absolute Gasteiger partial charge is 0.00975 e. The van der Waals surface area contributed by atoms with E-state index in [4.69, 9.17) is 0 Å². The first-order chi connectivity index (χ1) is 5.61. The second-order valence-electron chi connectivity index (χ2n) is 4.70. The van der Waals surface area contributed by atoms with Crippen LogP contribution in [0.3, 0.4) is 0 Å². The molecular formula is C11H23N. The van der Waals surface area contributed by atoms with Gasteiger partial charge in [0.15, 0.2) is 0 Å². The van der Waals surface area contributed by atoms with E-state index in [-0.39, 0.29) is 0 Å². The summed E-state index contributed by atoms with van der Waals surface area (Å²) in [6.07, 6.45) is 4.22. The zero-order valence-electron chi connectivity index (χ0n) is 8.93. The summed E-state index contributed by atoms with van der Waals surface area (Å²) in [5.74, 6) is 1.77. The fourth-order valence-corrected chi connectivity index (χ4v) is 2.25. The van der Waals surface area contributed by atoms with Gasteiger partial charge in [0, 0.05) is 12.1 Å². The van der Waals surface area contributed by atoms with Gasteiger partial charge in [0.25, 0.3) is 0 Å². The molecule has 0 heterocycles. The van der Waals surface area contributed by atoms with Gasteiger partial charge in [0.1, 0.15) is 0 Å². The summed E-state index contributed by atoms with van der Waals surface area (Å²) in [5.41, 5.74) is 0. The zero-order valence-corrected chi connectivity index (χ0v) is 8.93. The van der Waals surface area contributed by atoms with Crippen LogP contribution in [-0.2, 0) is 0 Å². The highest BCUT2D eigenvalue weighted by atomic mass is 14.9. The van der Waals surface area contributed by atoms with E-state index in [1.807, 2.05) is 0 Å². The standard InChI is InChI=1S/C11H23N/c1-8(2)12-11-7-5-6-9(3)10(11)4/h8-12H,5-7H2,1-4H3/t9-,10+,11-/m0/s1. The van der Waals surface area contributed by atoms with Gasteiger partial charge in [-0.1, -0.05) is 40.5 Å². The van der Waals surface area contributed by atoms with E-state index in [1.165, 1.54) is 19.3 Å². The van der Waals surface area contributed by atoms with E-state index in [2.05, 4.69) is 33.0 Å². The van der Waals surface area contributed by atoms with Gasteiger partial charge in [0.2, 0.25) is 0 Å². The van der Waals surface area contributed by atoms with Crippen LogP contribution in [-0.4, -0.2) is 12.1 Å². The molecule has 72 valence electrons. The molecule has 1 saturated carbocycles. The molecule has 0 unspecified atom stereocenters. The Morgan fingerprint density at radius 1 is 1.17 bits per heavy atom. The van der Waals surface area contributed by atoms with Gasteiger partial charge in [-0.05, 0) is 18.3 Å². The van der Waals surface area contributed by atoms with Crippen LogP contribution in [0.15, 0.2) is 0 Å². The lowest BCUT2D eigenvalue weighted by Gasteiger charge is -2.35. The Hall–Kier alpha value is -0.0400. The number of hydrogen-bond donors (Lipinski definition) is 1. The number of hydrogen-bond acceptors (Lipinski definition) is 1. The first-order valence-corrected chi connectivity index (χ1v) is 5.37. The van der Waals surface area contributed by atoms with Gasteiger partial charge in [-0.2, -0.15) is 0 Å². The summed E-state index contributed by atoms with van der Waals surface area (Å²) in [5, 5.41) is 3.66. The average Bonchev–Trinajstić information content (AvgIpc) is 1.98. The highest BCUT2D eigenvalue weighted by molar-refractivity contribution is 4.82. The molecule has 3 atom stereocenters. The van der Waals surface area contributed by atoms with Crippen LogP contribution in [0.1, 0.15) is 47.0 Å². The molecule has 0 aromatic heterocycles. The van der Waals surface area contributed by atoms with Gasteiger partial charge >= 0.3 is 0 Å². The minimum atomic E-state index is 0.641. The van der Waals surface area contributed by atoms with Gasteiger partial charge in [-0.15, -0.1) is 0 Å². The fraction of sp³-hybridized carbons (Fsp3) is 1.00. The predicted octanol–water partition coefficient (Wildman–Crippen LogP) is 2.81. The van der Waals surface area contributed by atoms with Crippen molar-refractivity contribution in [3.05, 3.63) is 0 Å². The van der Waals surface area contributed by atoms with Crippen LogP contribution in [0.4, 0.5) is 0 Å².